The van der Waals surface area contributed by atoms with Gasteiger partial charge in [-0.3, -0.25) is 0 Å². The Hall–Kier alpha value is -0.590. The highest BCUT2D eigenvalue weighted by atomic mass is 16.5. The summed E-state index contributed by atoms with van der Waals surface area (Å²) in [5, 5.41) is 12.6. The van der Waals surface area contributed by atoms with Crippen LogP contribution in [0.1, 0.15) is 51.4 Å². The van der Waals surface area contributed by atoms with Crippen LogP contribution in [0.2, 0.25) is 0 Å². The molecule has 0 aromatic rings. The molecule has 1 N–H and O–H groups in total. The van der Waals surface area contributed by atoms with Crippen LogP contribution in [0.25, 0.3) is 0 Å². The second kappa shape index (κ2) is 6.54. The molecule has 2 aliphatic carbocycles. The molecule has 102 valence electrons. The largest absolute Gasteiger partial charge is 0.381 e. The van der Waals surface area contributed by atoms with Crippen LogP contribution < -0.4 is 5.32 Å². The number of hydrogen-bond acceptors (Lipinski definition) is 3. The summed E-state index contributed by atoms with van der Waals surface area (Å²) in [7, 11) is 1.92. The summed E-state index contributed by atoms with van der Waals surface area (Å²) in [5.74, 6) is 1.41. The van der Waals surface area contributed by atoms with Crippen molar-refractivity contribution in [3.63, 3.8) is 0 Å². The fourth-order valence-corrected chi connectivity index (χ4v) is 3.36. The van der Waals surface area contributed by atoms with Gasteiger partial charge in [0.2, 0.25) is 0 Å². The summed E-state index contributed by atoms with van der Waals surface area (Å²) >= 11 is 0. The van der Waals surface area contributed by atoms with Gasteiger partial charge in [-0.25, -0.2) is 0 Å². The van der Waals surface area contributed by atoms with E-state index in [-0.39, 0.29) is 5.54 Å². The Morgan fingerprint density at radius 1 is 1.22 bits per heavy atom. The summed E-state index contributed by atoms with van der Waals surface area (Å²) in [6.45, 7) is 1.74. The van der Waals surface area contributed by atoms with Gasteiger partial charge in [-0.15, -0.1) is 0 Å². The maximum atomic E-state index is 9.35. The Morgan fingerprint density at radius 2 is 2.00 bits per heavy atom. The maximum Gasteiger partial charge on any atom is 0.109 e. The predicted octanol–water partition coefficient (Wildman–Crippen LogP) is 2.87. The fourth-order valence-electron chi connectivity index (χ4n) is 3.36. The average molecular weight is 250 g/mol. The van der Waals surface area contributed by atoms with Crippen LogP contribution in [-0.2, 0) is 4.74 Å². The fraction of sp³-hybridized carbons (Fsp3) is 0.933. The number of nitrogens with one attached hydrogen (secondary N) is 1. The zero-order valence-electron chi connectivity index (χ0n) is 11.6. The molecule has 0 saturated heterocycles. The smallest absolute Gasteiger partial charge is 0.109 e. The molecule has 2 rings (SSSR count). The summed E-state index contributed by atoms with van der Waals surface area (Å²) in [4.78, 5) is 0. The van der Waals surface area contributed by atoms with Gasteiger partial charge in [0.05, 0.1) is 6.07 Å². The molecule has 0 spiro atoms. The molecule has 0 aliphatic heterocycles. The van der Waals surface area contributed by atoms with E-state index in [1.54, 1.807) is 0 Å². The van der Waals surface area contributed by atoms with E-state index in [9.17, 15) is 5.26 Å². The summed E-state index contributed by atoms with van der Waals surface area (Å²) < 4.78 is 5.75. The SMILES string of the molecule is CNC1(C#N)CCCC1CCOCCC1CCC1. The number of nitrogens with zero attached hydrogens (tertiary/aromatic N) is 1. The van der Waals surface area contributed by atoms with Crippen LogP contribution in [0.15, 0.2) is 0 Å². The highest BCUT2D eigenvalue weighted by Crippen LogP contribution is 2.37. The topological polar surface area (TPSA) is 45.0 Å². The van der Waals surface area contributed by atoms with E-state index in [0.717, 1.165) is 32.0 Å². The first kappa shape index (κ1) is 13.8. The molecule has 2 fully saturated rings. The third-order valence-electron chi connectivity index (χ3n) is 4.97. The van der Waals surface area contributed by atoms with Gasteiger partial charge in [0.1, 0.15) is 5.54 Å². The van der Waals surface area contributed by atoms with Crippen molar-refractivity contribution in [2.45, 2.75) is 56.9 Å². The Bertz CT molecular complexity index is 295. The molecule has 0 aromatic heterocycles. The van der Waals surface area contributed by atoms with Crippen molar-refractivity contribution in [1.82, 2.24) is 5.32 Å². The van der Waals surface area contributed by atoms with Crippen LogP contribution >= 0.6 is 0 Å². The minimum atomic E-state index is -0.280. The molecule has 0 bridgehead atoms. The molecule has 2 aliphatic rings. The summed E-state index contributed by atoms with van der Waals surface area (Å²) in [5.41, 5.74) is -0.280. The number of ether oxygens (including phenoxy) is 1. The standard InChI is InChI=1S/C15H26N2O/c1-17-15(12-16)9-3-6-14(15)8-11-18-10-7-13-4-2-5-13/h13-14,17H,2-11H2,1H3. The molecule has 3 heteroatoms. The van der Waals surface area contributed by atoms with Crippen molar-refractivity contribution in [2.24, 2.45) is 11.8 Å². The van der Waals surface area contributed by atoms with Crippen LogP contribution in [0, 0.1) is 23.2 Å². The first-order valence-corrected chi connectivity index (χ1v) is 7.48. The molecular weight excluding hydrogens is 224 g/mol. The molecule has 2 atom stereocenters. The van der Waals surface area contributed by atoms with E-state index in [2.05, 4.69) is 11.4 Å². The normalized spacial score (nSPS) is 32.1. The minimum absolute atomic E-state index is 0.280. The van der Waals surface area contributed by atoms with Gasteiger partial charge in [-0.05, 0) is 44.6 Å². The molecule has 0 heterocycles. The van der Waals surface area contributed by atoms with E-state index in [0.29, 0.717) is 5.92 Å². The maximum absolute atomic E-state index is 9.35. The van der Waals surface area contributed by atoms with Crippen molar-refractivity contribution >= 4 is 0 Å². The van der Waals surface area contributed by atoms with Crippen molar-refractivity contribution in [1.29, 1.82) is 5.26 Å². The monoisotopic (exact) mass is 250 g/mol. The van der Waals surface area contributed by atoms with E-state index in [1.807, 2.05) is 7.05 Å². The molecule has 2 saturated carbocycles. The van der Waals surface area contributed by atoms with Gasteiger partial charge in [0.15, 0.2) is 0 Å². The first-order valence-electron chi connectivity index (χ1n) is 7.48. The molecule has 2 unspecified atom stereocenters. The Balaban J connectivity index is 1.61. The lowest BCUT2D eigenvalue weighted by molar-refractivity contribution is 0.0904. The molecule has 3 nitrogen and oxygen atoms in total. The van der Waals surface area contributed by atoms with Gasteiger partial charge in [-0.2, -0.15) is 5.26 Å². The Labute approximate surface area is 111 Å². The first-order chi connectivity index (χ1) is 8.80. The van der Waals surface area contributed by atoms with Crippen LogP contribution in [-0.4, -0.2) is 25.8 Å². The third-order valence-corrected chi connectivity index (χ3v) is 4.97. The van der Waals surface area contributed by atoms with Gasteiger partial charge in [0.25, 0.3) is 0 Å². The van der Waals surface area contributed by atoms with Gasteiger partial charge >= 0.3 is 0 Å². The minimum Gasteiger partial charge on any atom is -0.381 e. The van der Waals surface area contributed by atoms with E-state index < -0.39 is 0 Å². The molecule has 0 radical (unpaired) electrons. The van der Waals surface area contributed by atoms with E-state index in [4.69, 9.17) is 4.74 Å². The molecular formula is C15H26N2O. The number of rotatable bonds is 7. The Kier molecular flexibility index (Phi) is 5.03. The van der Waals surface area contributed by atoms with Crippen molar-refractivity contribution < 1.29 is 4.74 Å². The lowest BCUT2D eigenvalue weighted by Crippen LogP contribution is -2.45. The van der Waals surface area contributed by atoms with Gasteiger partial charge in [-0.1, -0.05) is 25.7 Å². The highest BCUT2D eigenvalue weighted by molar-refractivity contribution is 5.13. The molecule has 0 aromatic carbocycles. The highest BCUT2D eigenvalue weighted by Gasteiger charge is 2.41. The van der Waals surface area contributed by atoms with Crippen LogP contribution in [0.3, 0.4) is 0 Å². The summed E-state index contributed by atoms with van der Waals surface area (Å²) in [6, 6.07) is 2.49. The van der Waals surface area contributed by atoms with Gasteiger partial charge in [0, 0.05) is 13.2 Å². The average Bonchev–Trinajstić information content (AvgIpc) is 2.75. The van der Waals surface area contributed by atoms with Crippen LogP contribution in [0.4, 0.5) is 0 Å². The zero-order chi connectivity index (χ0) is 12.8. The predicted molar refractivity (Wildman–Crippen MR) is 72.1 cm³/mol. The number of hydrogen-bond donors (Lipinski definition) is 1. The summed E-state index contributed by atoms with van der Waals surface area (Å²) in [6.07, 6.45) is 9.82. The Morgan fingerprint density at radius 3 is 2.61 bits per heavy atom. The van der Waals surface area contributed by atoms with Crippen molar-refractivity contribution in [2.75, 3.05) is 20.3 Å². The second-order valence-corrected chi connectivity index (χ2v) is 5.91. The molecule has 0 amide bonds. The third kappa shape index (κ3) is 3.05. The molecule has 18 heavy (non-hydrogen) atoms. The van der Waals surface area contributed by atoms with E-state index >= 15 is 0 Å². The quantitative estimate of drug-likeness (QED) is 0.707. The lowest BCUT2D eigenvalue weighted by Gasteiger charge is -2.28. The van der Waals surface area contributed by atoms with E-state index in [1.165, 1.54) is 38.5 Å². The second-order valence-electron chi connectivity index (χ2n) is 5.91. The lowest BCUT2D eigenvalue weighted by atomic mass is 9.83. The van der Waals surface area contributed by atoms with Gasteiger partial charge < -0.3 is 10.1 Å². The van der Waals surface area contributed by atoms with Crippen molar-refractivity contribution in [3.05, 3.63) is 0 Å². The van der Waals surface area contributed by atoms with Crippen LogP contribution in [0.5, 0.6) is 0 Å². The zero-order valence-corrected chi connectivity index (χ0v) is 11.6. The van der Waals surface area contributed by atoms with Crippen molar-refractivity contribution in [3.8, 4) is 6.07 Å². The number of nitriles is 1.